The number of carbonyl (C=O) groups is 1. The molecule has 0 aliphatic heterocycles. The van der Waals surface area contributed by atoms with Crippen molar-refractivity contribution >= 4 is 27.5 Å². The first kappa shape index (κ1) is 23.6. The second-order valence-electron chi connectivity index (χ2n) is 6.62. The number of sulfonamides is 1. The van der Waals surface area contributed by atoms with Crippen LogP contribution in [0.25, 0.3) is 16.8 Å². The predicted octanol–water partition coefficient (Wildman–Crippen LogP) is 2.90. The van der Waals surface area contributed by atoms with Crippen molar-refractivity contribution in [2.24, 2.45) is 10.9 Å². The van der Waals surface area contributed by atoms with E-state index in [1.165, 1.54) is 31.4 Å². The fourth-order valence-electron chi connectivity index (χ4n) is 3.21. The molecule has 0 spiro atoms. The number of hydrogen-bond donors (Lipinski definition) is 2. The van der Waals surface area contributed by atoms with E-state index in [-0.39, 0.29) is 33.1 Å². The maximum atomic E-state index is 13.1. The van der Waals surface area contributed by atoms with Gasteiger partial charge < -0.3 is 10.5 Å². The van der Waals surface area contributed by atoms with Crippen LogP contribution in [0, 0.1) is 0 Å². The van der Waals surface area contributed by atoms with Crippen LogP contribution in [0.2, 0.25) is 5.02 Å². The van der Waals surface area contributed by atoms with Crippen molar-refractivity contribution in [1.82, 2.24) is 9.78 Å². The van der Waals surface area contributed by atoms with Crippen molar-refractivity contribution in [3.63, 3.8) is 0 Å². The summed E-state index contributed by atoms with van der Waals surface area (Å²) < 4.78 is 70.6. The number of methoxy groups -OCH3 is 1. The summed E-state index contributed by atoms with van der Waals surface area (Å²) >= 11 is 6.33. The number of rotatable bonds is 6. The van der Waals surface area contributed by atoms with E-state index in [2.05, 4.69) is 5.10 Å². The Morgan fingerprint density at radius 2 is 1.91 bits per heavy atom. The van der Waals surface area contributed by atoms with Crippen LogP contribution in [-0.2, 0) is 27.4 Å². The molecule has 170 valence electrons. The number of alkyl halides is 3. The van der Waals surface area contributed by atoms with Crippen LogP contribution in [0.5, 0.6) is 5.75 Å². The third-order valence-electron chi connectivity index (χ3n) is 4.47. The summed E-state index contributed by atoms with van der Waals surface area (Å²) in [5, 5.41) is 9.16. The monoisotopic (exact) mass is 488 g/mol. The quantitative estimate of drug-likeness (QED) is 0.551. The molecule has 0 fully saturated rings. The molecule has 13 heteroatoms. The minimum Gasteiger partial charge on any atom is -0.496 e. The summed E-state index contributed by atoms with van der Waals surface area (Å²) in [5.41, 5.74) is 3.99. The molecular weight excluding hydrogens is 473 g/mol. The lowest BCUT2D eigenvalue weighted by molar-refractivity contribution is -0.137. The zero-order valence-corrected chi connectivity index (χ0v) is 17.9. The Morgan fingerprint density at radius 3 is 2.44 bits per heavy atom. The number of amides is 1. The first-order chi connectivity index (χ1) is 14.8. The van der Waals surface area contributed by atoms with E-state index in [4.69, 9.17) is 27.2 Å². The van der Waals surface area contributed by atoms with Gasteiger partial charge in [-0.2, -0.15) is 18.3 Å². The third-order valence-corrected chi connectivity index (χ3v) is 5.77. The van der Waals surface area contributed by atoms with Crippen molar-refractivity contribution in [1.29, 1.82) is 0 Å². The summed E-state index contributed by atoms with van der Waals surface area (Å²) in [5.74, 6) is -0.648. The summed E-state index contributed by atoms with van der Waals surface area (Å²) in [6.07, 6.45) is -3.95. The summed E-state index contributed by atoms with van der Waals surface area (Å²) in [6.45, 7) is 0. The number of aromatic nitrogens is 2. The molecule has 0 aliphatic rings. The summed E-state index contributed by atoms with van der Waals surface area (Å²) in [6, 6.07) is 7.00. The van der Waals surface area contributed by atoms with Crippen LogP contribution < -0.4 is 15.6 Å². The molecule has 1 amide bonds. The SMILES string of the molecule is COc1cccc(Cl)c1-c1c(CC(N)=O)ccc(-n2cc(C(F)(F)F)cn2)c1S(N)(=O)=O. The maximum absolute atomic E-state index is 13.1. The molecule has 0 bridgehead atoms. The van der Waals surface area contributed by atoms with Gasteiger partial charge in [0.2, 0.25) is 15.9 Å². The molecule has 0 saturated heterocycles. The lowest BCUT2D eigenvalue weighted by Crippen LogP contribution is -2.20. The highest BCUT2D eigenvalue weighted by Gasteiger charge is 2.34. The zero-order chi connectivity index (χ0) is 23.8. The number of ether oxygens (including phenoxy) is 1. The molecule has 32 heavy (non-hydrogen) atoms. The van der Waals surface area contributed by atoms with E-state index in [1.807, 2.05) is 0 Å². The van der Waals surface area contributed by atoms with Crippen molar-refractivity contribution in [3.05, 3.63) is 58.9 Å². The van der Waals surface area contributed by atoms with Gasteiger partial charge in [-0.3, -0.25) is 4.79 Å². The highest BCUT2D eigenvalue weighted by molar-refractivity contribution is 7.89. The molecule has 0 saturated carbocycles. The molecule has 4 N–H and O–H groups in total. The van der Waals surface area contributed by atoms with Crippen LogP contribution >= 0.6 is 11.6 Å². The number of nitrogens with zero attached hydrogens (tertiary/aromatic N) is 2. The van der Waals surface area contributed by atoms with Gasteiger partial charge in [-0.05, 0) is 23.8 Å². The molecular formula is C19H16ClF3N4O4S. The topological polar surface area (TPSA) is 130 Å². The van der Waals surface area contributed by atoms with E-state index in [0.717, 1.165) is 4.68 Å². The van der Waals surface area contributed by atoms with Gasteiger partial charge in [0.25, 0.3) is 0 Å². The Morgan fingerprint density at radius 1 is 1.22 bits per heavy atom. The molecule has 3 aromatic rings. The fourth-order valence-corrected chi connectivity index (χ4v) is 4.44. The van der Waals surface area contributed by atoms with Crippen molar-refractivity contribution in [2.75, 3.05) is 7.11 Å². The Kier molecular flexibility index (Phi) is 6.22. The van der Waals surface area contributed by atoms with Gasteiger partial charge in [0.1, 0.15) is 10.6 Å². The maximum Gasteiger partial charge on any atom is 0.419 e. The Bertz CT molecular complexity index is 1310. The first-order valence-corrected chi connectivity index (χ1v) is 10.7. The van der Waals surface area contributed by atoms with Gasteiger partial charge in [-0.1, -0.05) is 23.7 Å². The van der Waals surface area contributed by atoms with E-state index < -0.39 is 39.0 Å². The van der Waals surface area contributed by atoms with Crippen LogP contribution in [0.4, 0.5) is 13.2 Å². The van der Waals surface area contributed by atoms with Crippen LogP contribution in [0.3, 0.4) is 0 Å². The van der Waals surface area contributed by atoms with Gasteiger partial charge in [-0.25, -0.2) is 18.2 Å². The molecule has 0 aliphatic carbocycles. The van der Waals surface area contributed by atoms with Gasteiger partial charge >= 0.3 is 6.18 Å². The third kappa shape index (κ3) is 4.56. The highest BCUT2D eigenvalue weighted by Crippen LogP contribution is 2.43. The Balaban J connectivity index is 2.47. The number of primary sulfonamides is 1. The van der Waals surface area contributed by atoms with Gasteiger partial charge in [0, 0.05) is 17.3 Å². The lowest BCUT2D eigenvalue weighted by Gasteiger charge is -2.20. The molecule has 1 aromatic heterocycles. The van der Waals surface area contributed by atoms with Crippen LogP contribution in [0.15, 0.2) is 47.6 Å². The molecule has 0 radical (unpaired) electrons. The number of hydrogen-bond acceptors (Lipinski definition) is 5. The zero-order valence-electron chi connectivity index (χ0n) is 16.4. The fraction of sp³-hybridized carbons (Fsp3) is 0.158. The molecule has 2 aromatic carbocycles. The average Bonchev–Trinajstić information content (AvgIpc) is 3.17. The van der Waals surface area contributed by atoms with Gasteiger partial charge in [0.05, 0.1) is 36.0 Å². The molecule has 0 atom stereocenters. The van der Waals surface area contributed by atoms with Crippen molar-refractivity contribution < 1.29 is 31.1 Å². The molecule has 1 heterocycles. The molecule has 8 nitrogen and oxygen atoms in total. The predicted molar refractivity (Wildman–Crippen MR) is 110 cm³/mol. The number of primary amides is 1. The second-order valence-corrected chi connectivity index (χ2v) is 8.53. The molecule has 0 unspecified atom stereocenters. The summed E-state index contributed by atoms with van der Waals surface area (Å²) in [7, 11) is -3.28. The largest absolute Gasteiger partial charge is 0.496 e. The lowest BCUT2D eigenvalue weighted by atomic mass is 9.95. The standard InChI is InChI=1S/C19H16ClF3N4O4S/c1-31-14-4-2-3-12(20)17(14)16-10(7-15(24)28)5-6-13(18(16)32(25,29)30)27-9-11(8-26-27)19(21,22)23/h2-6,8-9H,7H2,1H3,(H2,24,28)(H2,25,29,30). The number of benzene rings is 2. The Hall–Kier alpha value is -3.09. The van der Waals surface area contributed by atoms with E-state index in [9.17, 15) is 26.4 Å². The van der Waals surface area contributed by atoms with Gasteiger partial charge in [0.15, 0.2) is 0 Å². The second kappa shape index (κ2) is 8.45. The number of halogens is 4. The van der Waals surface area contributed by atoms with E-state index in [0.29, 0.717) is 12.4 Å². The van der Waals surface area contributed by atoms with Crippen molar-refractivity contribution in [2.45, 2.75) is 17.5 Å². The van der Waals surface area contributed by atoms with E-state index >= 15 is 0 Å². The van der Waals surface area contributed by atoms with Crippen molar-refractivity contribution in [3.8, 4) is 22.6 Å². The van der Waals surface area contributed by atoms with E-state index in [1.54, 1.807) is 6.07 Å². The normalized spacial score (nSPS) is 12.1. The summed E-state index contributed by atoms with van der Waals surface area (Å²) in [4.78, 5) is 11.1. The smallest absolute Gasteiger partial charge is 0.419 e. The van der Waals surface area contributed by atoms with Crippen LogP contribution in [0.1, 0.15) is 11.1 Å². The highest BCUT2D eigenvalue weighted by atomic mass is 35.5. The average molecular weight is 489 g/mol. The number of nitrogens with two attached hydrogens (primary N) is 2. The minimum atomic E-state index is -4.71. The minimum absolute atomic E-state index is 0.0496. The molecule has 3 rings (SSSR count). The first-order valence-electron chi connectivity index (χ1n) is 8.76. The van der Waals surface area contributed by atoms with Gasteiger partial charge in [-0.15, -0.1) is 0 Å². The number of carbonyl (C=O) groups excluding carboxylic acids is 1. The Labute approximate surface area is 185 Å². The van der Waals surface area contributed by atoms with Crippen LogP contribution in [-0.4, -0.2) is 31.2 Å².